The number of ether oxygens (including phenoxy) is 2. The summed E-state index contributed by atoms with van der Waals surface area (Å²) in [6.45, 7) is 3.00. The molecule has 4 nitrogen and oxygen atoms in total. The summed E-state index contributed by atoms with van der Waals surface area (Å²) in [7, 11) is 0. The maximum atomic E-state index is 10.8. The van der Waals surface area contributed by atoms with Crippen LogP contribution in [0.3, 0.4) is 0 Å². The minimum atomic E-state index is -0.754. The van der Waals surface area contributed by atoms with Crippen molar-refractivity contribution in [1.82, 2.24) is 0 Å². The van der Waals surface area contributed by atoms with Gasteiger partial charge in [0.2, 0.25) is 0 Å². The van der Waals surface area contributed by atoms with Gasteiger partial charge in [0, 0.05) is 13.0 Å². The van der Waals surface area contributed by atoms with Crippen LogP contribution in [0, 0.1) is 0 Å². The topological polar surface area (TPSA) is 55.8 Å². The number of unbranched alkanes of at least 4 members (excludes halogenated alkanes) is 5. The molecular weight excluding hydrogens is 304 g/mol. The molecular formula is C20H36O4. The third-order valence-electron chi connectivity index (χ3n) is 4.46. The normalized spacial score (nSPS) is 19.6. The van der Waals surface area contributed by atoms with Gasteiger partial charge in [0.1, 0.15) is 0 Å². The van der Waals surface area contributed by atoms with E-state index in [0.717, 1.165) is 45.1 Å². The Hall–Kier alpha value is -0.870. The van der Waals surface area contributed by atoms with Crippen LogP contribution in [0.2, 0.25) is 0 Å². The van der Waals surface area contributed by atoms with Gasteiger partial charge in [-0.25, -0.2) is 0 Å². The maximum Gasteiger partial charge on any atom is 0.303 e. The SMILES string of the molecule is CCCCCCC/C=C\CCC(CCC(=O)O)O[C@@H]1CCCCO1. The lowest BCUT2D eigenvalue weighted by Gasteiger charge is -2.27. The Morgan fingerprint density at radius 3 is 2.67 bits per heavy atom. The van der Waals surface area contributed by atoms with Crippen molar-refractivity contribution in [2.45, 2.75) is 103 Å². The quantitative estimate of drug-likeness (QED) is 0.337. The summed E-state index contributed by atoms with van der Waals surface area (Å²) in [6.07, 6.45) is 17.8. The predicted octanol–water partition coefficient (Wildman–Crippen LogP) is 5.46. The van der Waals surface area contributed by atoms with Crippen molar-refractivity contribution in [3.63, 3.8) is 0 Å². The number of hydrogen-bond donors (Lipinski definition) is 1. The van der Waals surface area contributed by atoms with Gasteiger partial charge >= 0.3 is 5.97 Å². The first-order valence-electron chi connectivity index (χ1n) is 9.86. The maximum absolute atomic E-state index is 10.8. The van der Waals surface area contributed by atoms with Crippen molar-refractivity contribution in [2.75, 3.05) is 6.61 Å². The number of hydrogen-bond acceptors (Lipinski definition) is 3. The number of allylic oxidation sites excluding steroid dienone is 2. The molecule has 0 aromatic rings. The molecule has 0 aromatic carbocycles. The van der Waals surface area contributed by atoms with Crippen LogP contribution in [0.5, 0.6) is 0 Å². The fourth-order valence-corrected chi connectivity index (χ4v) is 2.98. The van der Waals surface area contributed by atoms with E-state index >= 15 is 0 Å². The van der Waals surface area contributed by atoms with Crippen molar-refractivity contribution in [1.29, 1.82) is 0 Å². The molecule has 4 heteroatoms. The second kappa shape index (κ2) is 14.5. The molecule has 0 saturated carbocycles. The lowest BCUT2D eigenvalue weighted by molar-refractivity contribution is -0.191. The van der Waals surface area contributed by atoms with E-state index in [-0.39, 0.29) is 18.8 Å². The number of aliphatic carboxylic acids is 1. The molecule has 140 valence electrons. The molecule has 1 N–H and O–H groups in total. The Balaban J connectivity index is 2.18. The lowest BCUT2D eigenvalue weighted by Crippen LogP contribution is -2.28. The number of carboxylic acid groups (broad SMARTS) is 1. The molecule has 24 heavy (non-hydrogen) atoms. The first kappa shape index (κ1) is 21.2. The molecule has 1 unspecified atom stereocenters. The second-order valence-electron chi connectivity index (χ2n) is 6.74. The fourth-order valence-electron chi connectivity index (χ4n) is 2.98. The van der Waals surface area contributed by atoms with Crippen LogP contribution < -0.4 is 0 Å². The average Bonchev–Trinajstić information content (AvgIpc) is 2.58. The first-order valence-corrected chi connectivity index (χ1v) is 9.86. The van der Waals surface area contributed by atoms with Crippen molar-refractivity contribution in [3.8, 4) is 0 Å². The van der Waals surface area contributed by atoms with Crippen molar-refractivity contribution < 1.29 is 19.4 Å². The zero-order chi connectivity index (χ0) is 17.5. The van der Waals surface area contributed by atoms with Crippen molar-refractivity contribution in [3.05, 3.63) is 12.2 Å². The van der Waals surface area contributed by atoms with E-state index in [4.69, 9.17) is 14.6 Å². The summed E-state index contributed by atoms with van der Waals surface area (Å²) in [5.74, 6) is -0.754. The summed E-state index contributed by atoms with van der Waals surface area (Å²) < 4.78 is 11.6. The molecule has 0 spiro atoms. The molecule has 0 amide bonds. The molecule has 1 aliphatic rings. The van der Waals surface area contributed by atoms with Gasteiger partial charge in [0.25, 0.3) is 0 Å². The molecule has 1 aliphatic heterocycles. The Morgan fingerprint density at radius 1 is 1.17 bits per heavy atom. The van der Waals surface area contributed by atoms with Gasteiger partial charge in [-0.3, -0.25) is 4.79 Å². The largest absolute Gasteiger partial charge is 0.481 e. The molecule has 0 bridgehead atoms. The summed E-state index contributed by atoms with van der Waals surface area (Å²) in [5, 5.41) is 8.90. The third kappa shape index (κ3) is 11.6. The van der Waals surface area contributed by atoms with Crippen LogP contribution in [0.15, 0.2) is 12.2 Å². The highest BCUT2D eigenvalue weighted by Crippen LogP contribution is 2.20. The minimum absolute atomic E-state index is 0.0154. The van der Waals surface area contributed by atoms with Gasteiger partial charge in [-0.05, 0) is 51.4 Å². The number of carbonyl (C=O) groups is 1. The van der Waals surface area contributed by atoms with Gasteiger partial charge in [0.05, 0.1) is 6.10 Å². The van der Waals surface area contributed by atoms with Crippen LogP contribution in [0.25, 0.3) is 0 Å². The monoisotopic (exact) mass is 340 g/mol. The molecule has 1 fully saturated rings. The predicted molar refractivity (Wildman–Crippen MR) is 97.1 cm³/mol. The molecule has 2 atom stereocenters. The zero-order valence-electron chi connectivity index (χ0n) is 15.4. The molecule has 0 aliphatic carbocycles. The molecule has 1 heterocycles. The average molecular weight is 341 g/mol. The van der Waals surface area contributed by atoms with Gasteiger partial charge in [-0.1, -0.05) is 44.8 Å². The van der Waals surface area contributed by atoms with Crippen LogP contribution in [-0.2, 0) is 14.3 Å². The first-order chi connectivity index (χ1) is 11.7. The van der Waals surface area contributed by atoms with E-state index < -0.39 is 5.97 Å². The minimum Gasteiger partial charge on any atom is -0.481 e. The van der Waals surface area contributed by atoms with Crippen molar-refractivity contribution >= 4 is 5.97 Å². The number of carboxylic acids is 1. The van der Waals surface area contributed by atoms with Crippen LogP contribution in [0.1, 0.15) is 90.4 Å². The standard InChI is InChI=1S/C20H36O4/c1-2-3-4-5-6-7-8-9-10-13-18(15-16-19(21)22)24-20-14-11-12-17-23-20/h8-9,18,20H,2-7,10-17H2,1H3,(H,21,22)/b9-8-/t18?,20-/m1/s1. The lowest BCUT2D eigenvalue weighted by atomic mass is 10.1. The van der Waals surface area contributed by atoms with Crippen LogP contribution in [-0.4, -0.2) is 30.1 Å². The van der Waals surface area contributed by atoms with Crippen LogP contribution >= 0.6 is 0 Å². The Morgan fingerprint density at radius 2 is 1.96 bits per heavy atom. The Kier molecular flexibility index (Phi) is 12.8. The smallest absolute Gasteiger partial charge is 0.303 e. The summed E-state index contributed by atoms with van der Waals surface area (Å²) in [4.78, 5) is 10.8. The highest BCUT2D eigenvalue weighted by molar-refractivity contribution is 5.66. The van der Waals surface area contributed by atoms with E-state index in [1.807, 2.05) is 0 Å². The second-order valence-corrected chi connectivity index (χ2v) is 6.74. The Labute approximate surface area is 147 Å². The van der Waals surface area contributed by atoms with E-state index in [1.165, 1.54) is 32.1 Å². The summed E-state index contributed by atoms with van der Waals surface area (Å²) >= 11 is 0. The molecule has 1 saturated heterocycles. The van der Waals surface area contributed by atoms with E-state index in [2.05, 4.69) is 19.1 Å². The molecule has 0 radical (unpaired) electrons. The van der Waals surface area contributed by atoms with Gasteiger partial charge in [-0.15, -0.1) is 0 Å². The fraction of sp³-hybridized carbons (Fsp3) is 0.850. The third-order valence-corrected chi connectivity index (χ3v) is 4.46. The van der Waals surface area contributed by atoms with Gasteiger partial charge < -0.3 is 14.6 Å². The van der Waals surface area contributed by atoms with Gasteiger partial charge in [0.15, 0.2) is 6.29 Å². The summed E-state index contributed by atoms with van der Waals surface area (Å²) in [6, 6.07) is 0. The highest BCUT2D eigenvalue weighted by Gasteiger charge is 2.20. The van der Waals surface area contributed by atoms with Crippen molar-refractivity contribution in [2.24, 2.45) is 0 Å². The van der Waals surface area contributed by atoms with Crippen LogP contribution in [0.4, 0.5) is 0 Å². The summed E-state index contributed by atoms with van der Waals surface area (Å²) in [5.41, 5.74) is 0. The molecule has 0 aromatic heterocycles. The highest BCUT2D eigenvalue weighted by atomic mass is 16.7. The number of rotatable bonds is 14. The van der Waals surface area contributed by atoms with E-state index in [1.54, 1.807) is 0 Å². The molecule has 1 rings (SSSR count). The van der Waals surface area contributed by atoms with E-state index in [9.17, 15) is 4.79 Å². The van der Waals surface area contributed by atoms with Gasteiger partial charge in [-0.2, -0.15) is 0 Å². The Bertz CT molecular complexity index is 335. The zero-order valence-corrected chi connectivity index (χ0v) is 15.4. The van der Waals surface area contributed by atoms with E-state index in [0.29, 0.717) is 6.42 Å².